The molecule has 0 radical (unpaired) electrons. The maximum absolute atomic E-state index is 12.4. The second-order valence-corrected chi connectivity index (χ2v) is 6.85. The SMILES string of the molecule is CN(C)c1ccc(N2CCN(CC(=O)N3CCCCC3)CC2)nn1. The van der Waals surface area contributed by atoms with Crippen molar-refractivity contribution in [1.82, 2.24) is 20.0 Å². The van der Waals surface area contributed by atoms with Crippen LogP contribution in [0, 0.1) is 0 Å². The second-order valence-electron chi connectivity index (χ2n) is 6.85. The number of carbonyl (C=O) groups excluding carboxylic acids is 1. The van der Waals surface area contributed by atoms with Gasteiger partial charge in [0.25, 0.3) is 0 Å². The second kappa shape index (κ2) is 7.79. The van der Waals surface area contributed by atoms with Crippen molar-refractivity contribution in [3.05, 3.63) is 12.1 Å². The highest BCUT2D eigenvalue weighted by molar-refractivity contribution is 5.78. The first-order valence-electron chi connectivity index (χ1n) is 8.89. The standard InChI is InChI=1S/C17H28N6O/c1-20(2)15-6-7-16(19-18-15)22-12-10-21(11-13-22)14-17(24)23-8-4-3-5-9-23/h6-7H,3-5,8-14H2,1-2H3. The van der Waals surface area contributed by atoms with Gasteiger partial charge in [-0.1, -0.05) is 0 Å². The quantitative estimate of drug-likeness (QED) is 0.808. The highest BCUT2D eigenvalue weighted by Crippen LogP contribution is 2.16. The lowest BCUT2D eigenvalue weighted by atomic mass is 10.1. The summed E-state index contributed by atoms with van der Waals surface area (Å²) in [5, 5.41) is 8.57. The van der Waals surface area contributed by atoms with Gasteiger partial charge >= 0.3 is 0 Å². The average Bonchev–Trinajstić information content (AvgIpc) is 2.63. The number of amides is 1. The van der Waals surface area contributed by atoms with Gasteiger partial charge in [0.1, 0.15) is 0 Å². The molecule has 0 N–H and O–H groups in total. The summed E-state index contributed by atoms with van der Waals surface area (Å²) in [5.74, 6) is 2.07. The lowest BCUT2D eigenvalue weighted by Crippen LogP contribution is -2.51. The van der Waals surface area contributed by atoms with Gasteiger partial charge in [0.05, 0.1) is 6.54 Å². The van der Waals surface area contributed by atoms with E-state index in [9.17, 15) is 4.79 Å². The Morgan fingerprint density at radius 3 is 2.29 bits per heavy atom. The van der Waals surface area contributed by atoms with E-state index in [0.717, 1.165) is 63.7 Å². The molecular formula is C17H28N6O. The number of carbonyl (C=O) groups is 1. The highest BCUT2D eigenvalue weighted by atomic mass is 16.2. The molecule has 3 rings (SSSR count). The van der Waals surface area contributed by atoms with E-state index >= 15 is 0 Å². The molecule has 1 aromatic heterocycles. The molecule has 7 nitrogen and oxygen atoms in total. The van der Waals surface area contributed by atoms with Crippen LogP contribution in [-0.2, 0) is 4.79 Å². The maximum atomic E-state index is 12.4. The Labute approximate surface area is 144 Å². The zero-order valence-electron chi connectivity index (χ0n) is 14.8. The van der Waals surface area contributed by atoms with Crippen LogP contribution < -0.4 is 9.80 Å². The molecule has 1 amide bonds. The van der Waals surface area contributed by atoms with Crippen molar-refractivity contribution in [1.29, 1.82) is 0 Å². The van der Waals surface area contributed by atoms with Crippen molar-refractivity contribution in [3.8, 4) is 0 Å². The molecule has 0 spiro atoms. The molecule has 3 heterocycles. The lowest BCUT2D eigenvalue weighted by Gasteiger charge is -2.36. The largest absolute Gasteiger partial charge is 0.361 e. The van der Waals surface area contributed by atoms with Gasteiger partial charge in [0, 0.05) is 53.4 Å². The number of hydrogen-bond acceptors (Lipinski definition) is 6. The summed E-state index contributed by atoms with van der Waals surface area (Å²) in [6.07, 6.45) is 3.57. The zero-order valence-corrected chi connectivity index (χ0v) is 14.8. The molecule has 24 heavy (non-hydrogen) atoms. The van der Waals surface area contributed by atoms with Crippen LogP contribution in [0.2, 0.25) is 0 Å². The number of nitrogens with zero attached hydrogens (tertiary/aromatic N) is 6. The Bertz CT molecular complexity index is 533. The fourth-order valence-electron chi connectivity index (χ4n) is 3.30. The first-order chi connectivity index (χ1) is 11.6. The first-order valence-corrected chi connectivity index (χ1v) is 8.89. The van der Waals surface area contributed by atoms with E-state index in [2.05, 4.69) is 20.0 Å². The van der Waals surface area contributed by atoms with Gasteiger partial charge in [0.15, 0.2) is 11.6 Å². The summed E-state index contributed by atoms with van der Waals surface area (Å²) in [6.45, 7) is 6.01. The van der Waals surface area contributed by atoms with Gasteiger partial charge in [-0.05, 0) is 31.4 Å². The Morgan fingerprint density at radius 1 is 1.00 bits per heavy atom. The summed E-state index contributed by atoms with van der Waals surface area (Å²) in [5.41, 5.74) is 0. The molecule has 0 unspecified atom stereocenters. The molecule has 2 fully saturated rings. The van der Waals surface area contributed by atoms with Crippen molar-refractivity contribution >= 4 is 17.5 Å². The van der Waals surface area contributed by atoms with Crippen LogP contribution in [0.25, 0.3) is 0 Å². The van der Waals surface area contributed by atoms with Crippen LogP contribution in [0.1, 0.15) is 19.3 Å². The van der Waals surface area contributed by atoms with E-state index in [1.54, 1.807) is 0 Å². The third kappa shape index (κ3) is 4.14. The van der Waals surface area contributed by atoms with Gasteiger partial charge < -0.3 is 14.7 Å². The van der Waals surface area contributed by atoms with Crippen LogP contribution in [0.3, 0.4) is 0 Å². The molecule has 0 bridgehead atoms. The van der Waals surface area contributed by atoms with Crippen molar-refractivity contribution < 1.29 is 4.79 Å². The third-order valence-corrected chi connectivity index (χ3v) is 4.86. The smallest absolute Gasteiger partial charge is 0.236 e. The van der Waals surface area contributed by atoms with Gasteiger partial charge in [-0.2, -0.15) is 0 Å². The van der Waals surface area contributed by atoms with Gasteiger partial charge in [-0.3, -0.25) is 9.69 Å². The first kappa shape index (κ1) is 17.0. The van der Waals surface area contributed by atoms with E-state index in [1.165, 1.54) is 6.42 Å². The van der Waals surface area contributed by atoms with E-state index < -0.39 is 0 Å². The number of likely N-dealkylation sites (tertiary alicyclic amines) is 1. The number of aromatic nitrogens is 2. The Hall–Kier alpha value is -1.89. The zero-order chi connectivity index (χ0) is 16.9. The number of hydrogen-bond donors (Lipinski definition) is 0. The predicted octanol–water partition coefficient (Wildman–Crippen LogP) is 0.677. The van der Waals surface area contributed by atoms with Gasteiger partial charge in [0.2, 0.25) is 5.91 Å². The van der Waals surface area contributed by atoms with E-state index in [4.69, 9.17) is 0 Å². The molecule has 7 heteroatoms. The van der Waals surface area contributed by atoms with Crippen LogP contribution in [0.5, 0.6) is 0 Å². The molecule has 0 aliphatic carbocycles. The molecule has 0 aromatic carbocycles. The minimum Gasteiger partial charge on any atom is -0.361 e. The molecule has 0 saturated carbocycles. The summed E-state index contributed by atoms with van der Waals surface area (Å²) in [4.78, 5) is 20.8. The Kier molecular flexibility index (Phi) is 5.50. The molecule has 2 saturated heterocycles. The van der Waals surface area contributed by atoms with Crippen LogP contribution in [0.15, 0.2) is 12.1 Å². The highest BCUT2D eigenvalue weighted by Gasteiger charge is 2.23. The summed E-state index contributed by atoms with van der Waals surface area (Å²) < 4.78 is 0. The van der Waals surface area contributed by atoms with Crippen molar-refractivity contribution in [2.24, 2.45) is 0 Å². The minimum absolute atomic E-state index is 0.290. The van der Waals surface area contributed by atoms with Crippen LogP contribution in [0.4, 0.5) is 11.6 Å². The molecule has 0 atom stereocenters. The normalized spacial score (nSPS) is 19.4. The average molecular weight is 332 g/mol. The molecule has 2 aliphatic rings. The fraction of sp³-hybridized carbons (Fsp3) is 0.706. The van der Waals surface area contributed by atoms with Gasteiger partial charge in [-0.25, -0.2) is 0 Å². The Morgan fingerprint density at radius 2 is 1.71 bits per heavy atom. The third-order valence-electron chi connectivity index (χ3n) is 4.86. The lowest BCUT2D eigenvalue weighted by molar-refractivity contribution is -0.133. The van der Waals surface area contributed by atoms with E-state index in [1.807, 2.05) is 36.0 Å². The monoisotopic (exact) mass is 332 g/mol. The number of piperidine rings is 1. The van der Waals surface area contributed by atoms with Crippen molar-refractivity contribution in [2.45, 2.75) is 19.3 Å². The Balaban J connectivity index is 1.47. The van der Waals surface area contributed by atoms with E-state index in [0.29, 0.717) is 12.5 Å². The summed E-state index contributed by atoms with van der Waals surface area (Å²) in [6, 6.07) is 4.02. The molecule has 2 aliphatic heterocycles. The number of anilines is 2. The van der Waals surface area contributed by atoms with Crippen LogP contribution >= 0.6 is 0 Å². The molecule has 132 valence electrons. The number of rotatable bonds is 4. The fourth-order valence-corrected chi connectivity index (χ4v) is 3.30. The molecule has 1 aromatic rings. The van der Waals surface area contributed by atoms with Crippen LogP contribution in [-0.4, -0.2) is 85.8 Å². The van der Waals surface area contributed by atoms with Gasteiger partial charge in [-0.15, -0.1) is 10.2 Å². The van der Waals surface area contributed by atoms with E-state index in [-0.39, 0.29) is 0 Å². The topological polar surface area (TPSA) is 55.8 Å². The van der Waals surface area contributed by atoms with Crippen molar-refractivity contribution in [3.63, 3.8) is 0 Å². The maximum Gasteiger partial charge on any atom is 0.236 e. The minimum atomic E-state index is 0.290. The van der Waals surface area contributed by atoms with Crippen molar-refractivity contribution in [2.75, 3.05) is 69.7 Å². The summed E-state index contributed by atoms with van der Waals surface area (Å²) in [7, 11) is 3.92. The number of piperazine rings is 1. The molecular weight excluding hydrogens is 304 g/mol. The summed E-state index contributed by atoms with van der Waals surface area (Å²) >= 11 is 0. The predicted molar refractivity (Wildman–Crippen MR) is 95.4 cm³/mol.